The van der Waals surface area contributed by atoms with Gasteiger partial charge in [0.25, 0.3) is 0 Å². The average Bonchev–Trinajstić information content (AvgIpc) is 3.05. The molecule has 2 rings (SSSR count). The van der Waals surface area contributed by atoms with Crippen LogP contribution in [0.25, 0.3) is 0 Å². The number of carbonyl (C=O) groups excluding carboxylic acids is 2. The molecule has 5 nitrogen and oxygen atoms in total. The number of hydrogen-bond donors (Lipinski definition) is 1. The molecule has 1 radical (unpaired) electrons. The van der Waals surface area contributed by atoms with E-state index < -0.39 is 12.1 Å². The number of furan rings is 1. The third kappa shape index (κ3) is 3.21. The highest BCUT2D eigenvalue weighted by Gasteiger charge is 2.16. The fraction of sp³-hybridized carbons (Fsp3) is 0.167. The van der Waals surface area contributed by atoms with Crippen LogP contribution >= 0.6 is 11.3 Å². The van der Waals surface area contributed by atoms with Crippen LogP contribution in [0.3, 0.4) is 0 Å². The van der Waals surface area contributed by atoms with E-state index >= 15 is 0 Å². The largest absolute Gasteiger partial charge is 0.466 e. The van der Waals surface area contributed by atoms with Gasteiger partial charge in [0.2, 0.25) is 6.29 Å². The van der Waals surface area contributed by atoms with Crippen LogP contribution in [0, 0.1) is 0 Å². The van der Waals surface area contributed by atoms with Gasteiger partial charge in [-0.2, -0.15) is 11.3 Å². The number of thiophene rings is 1. The van der Waals surface area contributed by atoms with Gasteiger partial charge in [0.1, 0.15) is 11.8 Å². The summed E-state index contributed by atoms with van der Waals surface area (Å²) in [4.78, 5) is 22.2. The van der Waals surface area contributed by atoms with Crippen molar-refractivity contribution in [2.24, 2.45) is 0 Å². The first-order valence-electron chi connectivity index (χ1n) is 5.15. The molecule has 0 aliphatic carbocycles. The SMILES string of the molecule is O=[C]C(NC(=O)OCc1ccco1)c1ccsc1. The second kappa shape index (κ2) is 6.02. The van der Waals surface area contributed by atoms with Gasteiger partial charge in [0.05, 0.1) is 6.26 Å². The van der Waals surface area contributed by atoms with E-state index in [4.69, 9.17) is 9.15 Å². The Labute approximate surface area is 107 Å². The molecule has 2 aromatic rings. The summed E-state index contributed by atoms with van der Waals surface area (Å²) in [5.41, 5.74) is 0.685. The third-order valence-corrected chi connectivity index (χ3v) is 2.88. The van der Waals surface area contributed by atoms with E-state index in [1.807, 2.05) is 5.38 Å². The maximum atomic E-state index is 11.5. The minimum Gasteiger partial charge on any atom is -0.466 e. The molecular weight excluding hydrogens is 254 g/mol. The predicted molar refractivity (Wildman–Crippen MR) is 64.8 cm³/mol. The van der Waals surface area contributed by atoms with Crippen molar-refractivity contribution in [2.75, 3.05) is 0 Å². The van der Waals surface area contributed by atoms with Crippen molar-refractivity contribution in [2.45, 2.75) is 12.6 Å². The quantitative estimate of drug-likeness (QED) is 0.900. The summed E-state index contributed by atoms with van der Waals surface area (Å²) >= 11 is 1.44. The van der Waals surface area contributed by atoms with Gasteiger partial charge in [-0.15, -0.1) is 0 Å². The van der Waals surface area contributed by atoms with E-state index in [-0.39, 0.29) is 6.61 Å². The summed E-state index contributed by atoms with van der Waals surface area (Å²) < 4.78 is 9.90. The lowest BCUT2D eigenvalue weighted by atomic mass is 10.2. The normalized spacial score (nSPS) is 11.8. The zero-order valence-electron chi connectivity index (χ0n) is 9.29. The lowest BCUT2D eigenvalue weighted by molar-refractivity contribution is 0.129. The van der Waals surface area contributed by atoms with Gasteiger partial charge in [-0.25, -0.2) is 4.79 Å². The molecule has 0 aliphatic heterocycles. The number of ether oxygens (including phenoxy) is 1. The molecule has 0 saturated carbocycles. The molecule has 1 atom stereocenters. The number of carbonyl (C=O) groups is 1. The maximum absolute atomic E-state index is 11.5. The van der Waals surface area contributed by atoms with Crippen molar-refractivity contribution in [3.8, 4) is 0 Å². The molecular formula is C12H10NO4S. The number of nitrogens with one attached hydrogen (secondary N) is 1. The Morgan fingerprint density at radius 2 is 2.44 bits per heavy atom. The maximum Gasteiger partial charge on any atom is 0.408 e. The van der Waals surface area contributed by atoms with Crippen LogP contribution in [0.5, 0.6) is 0 Å². The predicted octanol–water partition coefficient (Wildman–Crippen LogP) is 2.42. The molecule has 0 fully saturated rings. The molecule has 1 unspecified atom stereocenters. The average molecular weight is 264 g/mol. The second-order valence-corrected chi connectivity index (χ2v) is 4.19. The van der Waals surface area contributed by atoms with Crippen LogP contribution in [0.2, 0.25) is 0 Å². The molecule has 0 spiro atoms. The summed E-state index contributed by atoms with van der Waals surface area (Å²) in [7, 11) is 0. The summed E-state index contributed by atoms with van der Waals surface area (Å²) in [5.74, 6) is 0.535. The molecule has 18 heavy (non-hydrogen) atoms. The van der Waals surface area contributed by atoms with Gasteiger partial charge in [-0.05, 0) is 34.5 Å². The van der Waals surface area contributed by atoms with E-state index in [2.05, 4.69) is 5.32 Å². The first-order chi connectivity index (χ1) is 8.79. The number of amides is 1. The number of hydrogen-bond acceptors (Lipinski definition) is 5. The fourth-order valence-corrected chi connectivity index (χ4v) is 2.00. The van der Waals surface area contributed by atoms with Crippen molar-refractivity contribution in [3.05, 3.63) is 46.5 Å². The molecule has 93 valence electrons. The zero-order valence-corrected chi connectivity index (χ0v) is 10.1. The van der Waals surface area contributed by atoms with E-state index in [0.29, 0.717) is 11.3 Å². The highest BCUT2D eigenvalue weighted by Crippen LogP contribution is 2.14. The van der Waals surface area contributed by atoms with Crippen molar-refractivity contribution in [1.29, 1.82) is 0 Å². The lowest BCUT2D eigenvalue weighted by Gasteiger charge is -2.10. The summed E-state index contributed by atoms with van der Waals surface area (Å²) in [6, 6.07) is 4.33. The Bertz CT molecular complexity index is 492. The summed E-state index contributed by atoms with van der Waals surface area (Å²) in [6.07, 6.45) is 2.55. The van der Waals surface area contributed by atoms with E-state index in [1.165, 1.54) is 17.6 Å². The Kier molecular flexibility index (Phi) is 4.14. The third-order valence-electron chi connectivity index (χ3n) is 2.18. The minimum atomic E-state index is -0.805. The van der Waals surface area contributed by atoms with Crippen LogP contribution in [0.1, 0.15) is 17.4 Å². The van der Waals surface area contributed by atoms with Crippen molar-refractivity contribution >= 4 is 23.7 Å². The van der Waals surface area contributed by atoms with Gasteiger partial charge < -0.3 is 14.5 Å². The summed E-state index contributed by atoms with van der Waals surface area (Å²) in [6.45, 7) is 0.0219. The van der Waals surface area contributed by atoms with Crippen LogP contribution in [0.4, 0.5) is 4.79 Å². The standard InChI is InChI=1S/C12H10NO4S/c14-6-11(9-3-5-18-8-9)13-12(15)17-7-10-2-1-4-16-10/h1-5,8,11H,7H2,(H,13,15). The molecule has 2 heterocycles. The molecule has 0 bridgehead atoms. The molecule has 1 N–H and O–H groups in total. The van der Waals surface area contributed by atoms with Gasteiger partial charge in [0.15, 0.2) is 6.61 Å². The van der Waals surface area contributed by atoms with Crippen LogP contribution < -0.4 is 5.32 Å². The van der Waals surface area contributed by atoms with Gasteiger partial charge >= 0.3 is 6.09 Å². The van der Waals surface area contributed by atoms with E-state index in [9.17, 15) is 9.59 Å². The molecule has 6 heteroatoms. The Balaban J connectivity index is 1.84. The highest BCUT2D eigenvalue weighted by atomic mass is 32.1. The highest BCUT2D eigenvalue weighted by molar-refractivity contribution is 7.08. The van der Waals surface area contributed by atoms with Crippen LogP contribution in [0.15, 0.2) is 39.6 Å². The smallest absolute Gasteiger partial charge is 0.408 e. The zero-order chi connectivity index (χ0) is 12.8. The van der Waals surface area contributed by atoms with Crippen molar-refractivity contribution in [1.82, 2.24) is 5.32 Å². The molecule has 0 aromatic carbocycles. The molecule has 0 aliphatic rings. The van der Waals surface area contributed by atoms with E-state index in [0.717, 1.165) is 0 Å². The fourth-order valence-electron chi connectivity index (χ4n) is 1.31. The minimum absolute atomic E-state index is 0.0219. The monoisotopic (exact) mass is 264 g/mol. The first kappa shape index (κ1) is 12.4. The molecule has 0 saturated heterocycles. The Hall–Kier alpha value is -2.08. The van der Waals surface area contributed by atoms with Crippen LogP contribution in [-0.4, -0.2) is 12.4 Å². The van der Waals surface area contributed by atoms with Crippen molar-refractivity contribution in [3.63, 3.8) is 0 Å². The summed E-state index contributed by atoms with van der Waals surface area (Å²) in [5, 5.41) is 5.99. The Morgan fingerprint density at radius 1 is 1.56 bits per heavy atom. The van der Waals surface area contributed by atoms with Gasteiger partial charge in [-0.3, -0.25) is 4.79 Å². The van der Waals surface area contributed by atoms with Crippen LogP contribution in [-0.2, 0) is 16.1 Å². The topological polar surface area (TPSA) is 68.5 Å². The number of rotatable bonds is 5. The molecule has 2 aromatic heterocycles. The van der Waals surface area contributed by atoms with E-state index in [1.54, 1.807) is 29.9 Å². The molecule has 1 amide bonds. The first-order valence-corrected chi connectivity index (χ1v) is 6.09. The lowest BCUT2D eigenvalue weighted by Crippen LogP contribution is -2.29. The number of alkyl carbamates (subject to hydrolysis) is 1. The van der Waals surface area contributed by atoms with Crippen molar-refractivity contribution < 1.29 is 18.7 Å². The van der Waals surface area contributed by atoms with Gasteiger partial charge in [0, 0.05) is 0 Å². The van der Waals surface area contributed by atoms with Gasteiger partial charge in [-0.1, -0.05) is 0 Å². The second-order valence-electron chi connectivity index (χ2n) is 3.41. The Morgan fingerprint density at radius 3 is 3.06 bits per heavy atom.